The van der Waals surface area contributed by atoms with Crippen molar-refractivity contribution < 1.29 is 0 Å². The first-order chi connectivity index (χ1) is 4.45. The molecule has 0 spiro atoms. The zero-order valence-electron chi connectivity index (χ0n) is 5.20. The predicted molar refractivity (Wildman–Crippen MR) is 32.7 cm³/mol. The Bertz CT molecular complexity index is 176. The molecule has 1 aromatic heterocycles. The van der Waals surface area contributed by atoms with Gasteiger partial charge in [-0.2, -0.15) is 0 Å². The summed E-state index contributed by atoms with van der Waals surface area (Å²) in [5.74, 6) is 0.918. The summed E-state index contributed by atoms with van der Waals surface area (Å²) in [5.41, 5.74) is 0. The van der Waals surface area contributed by atoms with Gasteiger partial charge >= 0.3 is 0 Å². The van der Waals surface area contributed by atoms with Gasteiger partial charge < -0.3 is 4.57 Å². The second-order valence-corrected chi connectivity index (χ2v) is 2.60. The Balaban J connectivity index is 1.99. The van der Waals surface area contributed by atoms with Crippen molar-refractivity contribution in [3.05, 3.63) is 12.7 Å². The lowest BCUT2D eigenvalue weighted by molar-refractivity contribution is 0.625. The third-order valence-corrected chi connectivity index (χ3v) is 1.63. The molecule has 9 heavy (non-hydrogen) atoms. The Kier molecular flexibility index (Phi) is 1.01. The van der Waals surface area contributed by atoms with Crippen molar-refractivity contribution >= 4 is 0 Å². The lowest BCUT2D eigenvalue weighted by Gasteiger charge is -1.93. The standard InChI is InChI=1S/C6H9N3/c1-2-6(1)3-9-4-7-8-5-9/h4-6H,1-3H2. The summed E-state index contributed by atoms with van der Waals surface area (Å²) in [6.45, 7) is 1.12. The third kappa shape index (κ3) is 1.09. The Hall–Kier alpha value is -0.860. The monoisotopic (exact) mass is 123 g/mol. The highest BCUT2D eigenvalue weighted by molar-refractivity contribution is 4.75. The van der Waals surface area contributed by atoms with Gasteiger partial charge in [-0.15, -0.1) is 10.2 Å². The van der Waals surface area contributed by atoms with E-state index in [2.05, 4.69) is 10.2 Å². The lowest BCUT2D eigenvalue weighted by Crippen LogP contribution is -1.94. The molecule has 0 unspecified atom stereocenters. The van der Waals surface area contributed by atoms with E-state index in [1.165, 1.54) is 12.8 Å². The molecule has 1 aliphatic rings. The van der Waals surface area contributed by atoms with Gasteiger partial charge in [-0.3, -0.25) is 0 Å². The van der Waals surface area contributed by atoms with E-state index in [1.807, 2.05) is 4.57 Å². The van der Waals surface area contributed by atoms with Crippen LogP contribution >= 0.6 is 0 Å². The topological polar surface area (TPSA) is 30.7 Å². The van der Waals surface area contributed by atoms with Crippen LogP contribution < -0.4 is 0 Å². The molecule has 0 bridgehead atoms. The summed E-state index contributed by atoms with van der Waals surface area (Å²) in [7, 11) is 0. The first kappa shape index (κ1) is 4.97. The first-order valence-corrected chi connectivity index (χ1v) is 3.27. The summed E-state index contributed by atoms with van der Waals surface area (Å²) < 4.78 is 2.04. The highest BCUT2D eigenvalue weighted by atomic mass is 15.2. The summed E-state index contributed by atoms with van der Waals surface area (Å²) in [4.78, 5) is 0. The molecule has 0 amide bonds. The van der Waals surface area contributed by atoms with Crippen LogP contribution in [-0.2, 0) is 6.54 Å². The number of hydrogen-bond donors (Lipinski definition) is 0. The smallest absolute Gasteiger partial charge is 0.119 e. The molecule has 0 saturated heterocycles. The van der Waals surface area contributed by atoms with Gasteiger partial charge in [-0.1, -0.05) is 0 Å². The second kappa shape index (κ2) is 1.83. The number of hydrogen-bond acceptors (Lipinski definition) is 2. The fourth-order valence-corrected chi connectivity index (χ4v) is 0.915. The fraction of sp³-hybridized carbons (Fsp3) is 0.667. The van der Waals surface area contributed by atoms with Crippen molar-refractivity contribution in [2.75, 3.05) is 0 Å². The van der Waals surface area contributed by atoms with E-state index in [9.17, 15) is 0 Å². The molecule has 0 radical (unpaired) electrons. The molecular formula is C6H9N3. The number of aromatic nitrogens is 3. The van der Waals surface area contributed by atoms with Gasteiger partial charge in [-0.05, 0) is 18.8 Å². The van der Waals surface area contributed by atoms with Gasteiger partial charge in [0.2, 0.25) is 0 Å². The van der Waals surface area contributed by atoms with E-state index in [0.29, 0.717) is 0 Å². The molecule has 1 saturated carbocycles. The van der Waals surface area contributed by atoms with Crippen LogP contribution in [0, 0.1) is 5.92 Å². The maximum Gasteiger partial charge on any atom is 0.119 e. The molecule has 1 aliphatic carbocycles. The lowest BCUT2D eigenvalue weighted by atomic mass is 10.4. The van der Waals surface area contributed by atoms with Crippen LogP contribution in [0.5, 0.6) is 0 Å². The van der Waals surface area contributed by atoms with Crippen LogP contribution in [0.3, 0.4) is 0 Å². The van der Waals surface area contributed by atoms with E-state index in [-0.39, 0.29) is 0 Å². The van der Waals surface area contributed by atoms with Crippen LogP contribution in [0.2, 0.25) is 0 Å². The maximum atomic E-state index is 3.72. The number of nitrogens with zero attached hydrogens (tertiary/aromatic N) is 3. The quantitative estimate of drug-likeness (QED) is 0.579. The second-order valence-electron chi connectivity index (χ2n) is 2.60. The van der Waals surface area contributed by atoms with Gasteiger partial charge in [0.15, 0.2) is 0 Å². The first-order valence-electron chi connectivity index (χ1n) is 3.27. The van der Waals surface area contributed by atoms with Gasteiger partial charge in [0.1, 0.15) is 12.7 Å². The van der Waals surface area contributed by atoms with Crippen molar-refractivity contribution in [3.8, 4) is 0 Å². The van der Waals surface area contributed by atoms with E-state index in [1.54, 1.807) is 12.7 Å². The fourth-order valence-electron chi connectivity index (χ4n) is 0.915. The molecule has 0 aromatic carbocycles. The molecule has 3 nitrogen and oxygen atoms in total. The highest BCUT2D eigenvalue weighted by Gasteiger charge is 2.21. The number of rotatable bonds is 2. The Morgan fingerprint density at radius 2 is 2.00 bits per heavy atom. The minimum atomic E-state index is 0.918. The molecule has 0 atom stereocenters. The van der Waals surface area contributed by atoms with Gasteiger partial charge in [0.05, 0.1) is 0 Å². The van der Waals surface area contributed by atoms with E-state index in [0.717, 1.165) is 12.5 Å². The van der Waals surface area contributed by atoms with Crippen molar-refractivity contribution in [2.24, 2.45) is 5.92 Å². The molecule has 1 heterocycles. The maximum absolute atomic E-state index is 3.72. The van der Waals surface area contributed by atoms with Crippen molar-refractivity contribution in [3.63, 3.8) is 0 Å². The normalized spacial score (nSPS) is 18.2. The van der Waals surface area contributed by atoms with Crippen molar-refractivity contribution in [1.82, 2.24) is 14.8 Å². The molecule has 0 aliphatic heterocycles. The Labute approximate surface area is 53.7 Å². The Morgan fingerprint density at radius 3 is 2.56 bits per heavy atom. The van der Waals surface area contributed by atoms with Crippen LogP contribution in [-0.4, -0.2) is 14.8 Å². The summed E-state index contributed by atoms with van der Waals surface area (Å²) in [5, 5.41) is 7.43. The molecular weight excluding hydrogens is 114 g/mol. The average Bonchev–Trinajstić information content (AvgIpc) is 2.46. The molecule has 3 heteroatoms. The predicted octanol–water partition coefficient (Wildman–Crippen LogP) is 0.688. The van der Waals surface area contributed by atoms with Crippen molar-refractivity contribution in [2.45, 2.75) is 19.4 Å². The van der Waals surface area contributed by atoms with Crippen LogP contribution in [0.1, 0.15) is 12.8 Å². The largest absolute Gasteiger partial charge is 0.320 e. The average molecular weight is 123 g/mol. The highest BCUT2D eigenvalue weighted by Crippen LogP contribution is 2.30. The van der Waals surface area contributed by atoms with Gasteiger partial charge in [0, 0.05) is 6.54 Å². The van der Waals surface area contributed by atoms with Crippen molar-refractivity contribution in [1.29, 1.82) is 0 Å². The minimum Gasteiger partial charge on any atom is -0.320 e. The van der Waals surface area contributed by atoms with Crippen LogP contribution in [0.4, 0.5) is 0 Å². The van der Waals surface area contributed by atoms with Gasteiger partial charge in [-0.25, -0.2) is 0 Å². The summed E-state index contributed by atoms with van der Waals surface area (Å²) in [6, 6.07) is 0. The molecule has 0 N–H and O–H groups in total. The minimum absolute atomic E-state index is 0.918. The third-order valence-electron chi connectivity index (χ3n) is 1.63. The summed E-state index contributed by atoms with van der Waals surface area (Å²) >= 11 is 0. The SMILES string of the molecule is c1nncn1CC1CC1. The molecule has 1 fully saturated rings. The summed E-state index contributed by atoms with van der Waals surface area (Å²) in [6.07, 6.45) is 6.33. The zero-order chi connectivity index (χ0) is 6.10. The van der Waals surface area contributed by atoms with E-state index in [4.69, 9.17) is 0 Å². The zero-order valence-corrected chi connectivity index (χ0v) is 5.20. The Morgan fingerprint density at radius 1 is 1.33 bits per heavy atom. The molecule has 1 aromatic rings. The van der Waals surface area contributed by atoms with E-state index < -0.39 is 0 Å². The van der Waals surface area contributed by atoms with Crippen LogP contribution in [0.15, 0.2) is 12.7 Å². The molecule has 2 rings (SSSR count). The molecule has 48 valence electrons. The van der Waals surface area contributed by atoms with Gasteiger partial charge in [0.25, 0.3) is 0 Å². The van der Waals surface area contributed by atoms with Crippen LogP contribution in [0.25, 0.3) is 0 Å². The van der Waals surface area contributed by atoms with E-state index >= 15 is 0 Å².